The Morgan fingerprint density at radius 2 is 1.82 bits per heavy atom. The molecule has 2 aromatic rings. The molecular formula is C19H15F2NO5S. The van der Waals surface area contributed by atoms with Gasteiger partial charge < -0.3 is 14.8 Å². The second-order valence-corrected chi connectivity index (χ2v) is 7.03. The fourth-order valence-electron chi connectivity index (χ4n) is 2.49. The summed E-state index contributed by atoms with van der Waals surface area (Å²) in [6.07, 6.45) is -0.181. The molecule has 9 heteroatoms. The van der Waals surface area contributed by atoms with Crippen LogP contribution in [-0.2, 0) is 14.3 Å². The average Bonchev–Trinajstić information content (AvgIpc) is 2.67. The Bertz CT molecular complexity index is 888. The van der Waals surface area contributed by atoms with E-state index >= 15 is 0 Å². The summed E-state index contributed by atoms with van der Waals surface area (Å²) in [6, 6.07) is 12.3. The quantitative estimate of drug-likeness (QED) is 0.559. The van der Waals surface area contributed by atoms with E-state index in [1.165, 1.54) is 36.0 Å². The van der Waals surface area contributed by atoms with Gasteiger partial charge in [0, 0.05) is 10.5 Å². The molecule has 146 valence electrons. The zero-order valence-corrected chi connectivity index (χ0v) is 15.2. The maximum Gasteiger partial charge on any atom is 0.387 e. The molecule has 3 rings (SSSR count). The molecule has 0 radical (unpaired) electrons. The van der Waals surface area contributed by atoms with Crippen molar-refractivity contribution in [3.8, 4) is 5.75 Å². The number of rotatable bonds is 7. The summed E-state index contributed by atoms with van der Waals surface area (Å²) in [5.74, 6) is -1.56. The number of carbonyl (C=O) groups is 3. The molecule has 2 aromatic carbocycles. The van der Waals surface area contributed by atoms with Gasteiger partial charge in [0.15, 0.2) is 12.4 Å². The highest BCUT2D eigenvalue weighted by Crippen LogP contribution is 2.36. The van der Waals surface area contributed by atoms with Gasteiger partial charge in [0.25, 0.3) is 0 Å². The average molecular weight is 407 g/mol. The van der Waals surface area contributed by atoms with Crippen LogP contribution in [-0.4, -0.2) is 36.1 Å². The van der Waals surface area contributed by atoms with Gasteiger partial charge in [-0.05, 0) is 36.4 Å². The molecule has 0 fully saturated rings. The first-order valence-electron chi connectivity index (χ1n) is 8.22. The summed E-state index contributed by atoms with van der Waals surface area (Å²) >= 11 is 1.26. The molecule has 0 spiro atoms. The van der Waals surface area contributed by atoms with Crippen LogP contribution >= 0.6 is 11.8 Å². The highest BCUT2D eigenvalue weighted by atomic mass is 32.2. The lowest BCUT2D eigenvalue weighted by atomic mass is 10.1. The van der Waals surface area contributed by atoms with Gasteiger partial charge in [-0.15, -0.1) is 11.8 Å². The van der Waals surface area contributed by atoms with Gasteiger partial charge in [-0.1, -0.05) is 12.1 Å². The number of para-hydroxylation sites is 1. The van der Waals surface area contributed by atoms with Crippen molar-refractivity contribution in [1.29, 1.82) is 0 Å². The second kappa shape index (κ2) is 8.83. The third-order valence-electron chi connectivity index (χ3n) is 3.82. The van der Waals surface area contributed by atoms with Crippen molar-refractivity contribution in [2.24, 2.45) is 0 Å². The number of hydrogen-bond acceptors (Lipinski definition) is 6. The maximum atomic E-state index is 12.1. The number of nitrogens with one attached hydrogen (secondary N) is 1. The van der Waals surface area contributed by atoms with Crippen LogP contribution in [0.2, 0.25) is 0 Å². The highest BCUT2D eigenvalue weighted by molar-refractivity contribution is 8.01. The van der Waals surface area contributed by atoms with Crippen LogP contribution < -0.4 is 10.1 Å². The summed E-state index contributed by atoms with van der Waals surface area (Å²) in [7, 11) is 0. The first-order valence-corrected chi connectivity index (χ1v) is 9.10. The molecule has 1 amide bonds. The molecule has 0 bridgehead atoms. The Kier molecular flexibility index (Phi) is 6.25. The molecule has 1 N–H and O–H groups in total. The lowest BCUT2D eigenvalue weighted by Crippen LogP contribution is -2.31. The molecule has 0 aromatic heterocycles. The van der Waals surface area contributed by atoms with E-state index in [0.29, 0.717) is 5.69 Å². The minimum Gasteiger partial charge on any atom is -0.457 e. The molecule has 0 saturated heterocycles. The second-order valence-electron chi connectivity index (χ2n) is 5.78. The number of benzene rings is 2. The van der Waals surface area contributed by atoms with Crippen molar-refractivity contribution in [3.63, 3.8) is 0 Å². The van der Waals surface area contributed by atoms with Crippen LogP contribution in [0.5, 0.6) is 5.75 Å². The molecule has 1 atom stereocenters. The Hall–Kier alpha value is -2.94. The standard InChI is InChI=1S/C19H15F2NO5S/c20-19(21)27-12-7-5-11(6-8-12)14(23)10-26-17(24)9-16-18(25)22-13-3-1-2-4-15(13)28-16/h1-8,16,19H,9-10H2,(H,22,25)/t16-/m0/s1. The minimum atomic E-state index is -2.95. The molecule has 1 aliphatic rings. The van der Waals surface area contributed by atoms with Gasteiger partial charge in [0.2, 0.25) is 5.91 Å². The molecule has 1 heterocycles. The summed E-state index contributed by atoms with van der Waals surface area (Å²) < 4.78 is 33.4. The number of thioether (sulfide) groups is 1. The summed E-state index contributed by atoms with van der Waals surface area (Å²) in [5.41, 5.74) is 0.879. The Morgan fingerprint density at radius 1 is 1.11 bits per heavy atom. The number of Topliss-reactive ketones (excluding diaryl/α,β-unsaturated/α-hetero) is 1. The van der Waals surface area contributed by atoms with Gasteiger partial charge in [-0.3, -0.25) is 14.4 Å². The predicted molar refractivity (Wildman–Crippen MR) is 97.7 cm³/mol. The number of alkyl halides is 2. The Balaban J connectivity index is 1.50. The first-order chi connectivity index (χ1) is 13.4. The molecule has 28 heavy (non-hydrogen) atoms. The molecule has 6 nitrogen and oxygen atoms in total. The minimum absolute atomic E-state index is 0.0795. The van der Waals surface area contributed by atoms with Crippen molar-refractivity contribution in [2.75, 3.05) is 11.9 Å². The highest BCUT2D eigenvalue weighted by Gasteiger charge is 2.29. The van der Waals surface area contributed by atoms with Crippen LogP contribution in [0.25, 0.3) is 0 Å². The summed E-state index contributed by atoms with van der Waals surface area (Å²) in [4.78, 5) is 37.0. The third-order valence-corrected chi connectivity index (χ3v) is 5.10. The largest absolute Gasteiger partial charge is 0.457 e. The Morgan fingerprint density at radius 3 is 2.54 bits per heavy atom. The molecule has 0 unspecified atom stereocenters. The molecule has 0 saturated carbocycles. The van der Waals surface area contributed by atoms with Crippen molar-refractivity contribution in [1.82, 2.24) is 0 Å². The van der Waals surface area contributed by atoms with Crippen LogP contribution in [0.3, 0.4) is 0 Å². The van der Waals surface area contributed by atoms with Gasteiger partial charge in [0.05, 0.1) is 17.4 Å². The number of anilines is 1. The normalized spacial score (nSPS) is 15.5. The lowest BCUT2D eigenvalue weighted by Gasteiger charge is -2.23. The van der Waals surface area contributed by atoms with Crippen molar-refractivity contribution in [3.05, 3.63) is 54.1 Å². The van der Waals surface area contributed by atoms with Gasteiger partial charge in [0.1, 0.15) is 5.75 Å². The zero-order chi connectivity index (χ0) is 20.1. The topological polar surface area (TPSA) is 81.7 Å². The number of fused-ring (bicyclic) bond motifs is 1. The smallest absolute Gasteiger partial charge is 0.387 e. The summed E-state index contributed by atoms with van der Waals surface area (Å²) in [6.45, 7) is -3.46. The number of ether oxygens (including phenoxy) is 2. The number of carbonyl (C=O) groups excluding carboxylic acids is 3. The van der Waals surface area contributed by atoms with E-state index in [0.717, 1.165) is 4.90 Å². The number of amides is 1. The first kappa shape index (κ1) is 19.8. The zero-order valence-electron chi connectivity index (χ0n) is 14.4. The van der Waals surface area contributed by atoms with Crippen LogP contribution in [0, 0.1) is 0 Å². The summed E-state index contributed by atoms with van der Waals surface area (Å²) in [5, 5.41) is 2.08. The fraction of sp³-hybridized carbons (Fsp3) is 0.211. The van der Waals surface area contributed by atoms with E-state index < -0.39 is 30.2 Å². The van der Waals surface area contributed by atoms with Crippen molar-refractivity contribution in [2.45, 2.75) is 23.2 Å². The van der Waals surface area contributed by atoms with E-state index in [1.54, 1.807) is 12.1 Å². The predicted octanol–water partition coefficient (Wildman–Crippen LogP) is 3.52. The van der Waals surface area contributed by atoms with Gasteiger partial charge in [-0.2, -0.15) is 8.78 Å². The lowest BCUT2D eigenvalue weighted by molar-refractivity contribution is -0.143. The molecule has 0 aliphatic carbocycles. The third kappa shape index (κ3) is 5.07. The Labute approximate surface area is 163 Å². The molecule has 1 aliphatic heterocycles. The number of ketones is 1. The fourth-order valence-corrected chi connectivity index (χ4v) is 3.58. The van der Waals surface area contributed by atoms with E-state index in [1.807, 2.05) is 12.1 Å². The van der Waals surface area contributed by atoms with E-state index in [9.17, 15) is 23.2 Å². The molecular weight excluding hydrogens is 392 g/mol. The number of esters is 1. The van der Waals surface area contributed by atoms with E-state index in [-0.39, 0.29) is 23.6 Å². The van der Waals surface area contributed by atoms with Crippen LogP contribution in [0.4, 0.5) is 14.5 Å². The van der Waals surface area contributed by atoms with Crippen molar-refractivity contribution < 1.29 is 32.6 Å². The monoisotopic (exact) mass is 407 g/mol. The SMILES string of the molecule is O=C(C[C@@H]1Sc2ccccc2NC1=O)OCC(=O)c1ccc(OC(F)F)cc1. The van der Waals surface area contributed by atoms with Crippen LogP contribution in [0.15, 0.2) is 53.4 Å². The van der Waals surface area contributed by atoms with Gasteiger partial charge >= 0.3 is 12.6 Å². The number of hydrogen-bond donors (Lipinski definition) is 1. The van der Waals surface area contributed by atoms with E-state index in [4.69, 9.17) is 4.74 Å². The van der Waals surface area contributed by atoms with Gasteiger partial charge in [-0.25, -0.2) is 0 Å². The van der Waals surface area contributed by atoms with E-state index in [2.05, 4.69) is 10.1 Å². The number of halogens is 2. The van der Waals surface area contributed by atoms with Crippen LogP contribution in [0.1, 0.15) is 16.8 Å². The maximum absolute atomic E-state index is 12.1. The van der Waals surface area contributed by atoms with Crippen molar-refractivity contribution >= 4 is 35.1 Å².